The summed E-state index contributed by atoms with van der Waals surface area (Å²) < 4.78 is 0. The highest BCUT2D eigenvalue weighted by molar-refractivity contribution is 5.79. The lowest BCUT2D eigenvalue weighted by molar-refractivity contribution is -0.147. The Kier molecular flexibility index (Phi) is 3.14. The van der Waals surface area contributed by atoms with Crippen LogP contribution in [0.5, 0.6) is 0 Å². The Hall–Kier alpha value is -1.10. The molecule has 2 aliphatic carbocycles. The van der Waals surface area contributed by atoms with Crippen molar-refractivity contribution in [3.63, 3.8) is 0 Å². The Balaban J connectivity index is 1.62. The van der Waals surface area contributed by atoms with Gasteiger partial charge in [-0.2, -0.15) is 0 Å². The van der Waals surface area contributed by atoms with E-state index in [-0.39, 0.29) is 24.8 Å². The van der Waals surface area contributed by atoms with Gasteiger partial charge in [0, 0.05) is 18.9 Å². The molecule has 2 rings (SSSR count). The Morgan fingerprint density at radius 1 is 1.25 bits per heavy atom. The molecule has 3 N–H and O–H groups in total. The van der Waals surface area contributed by atoms with Gasteiger partial charge in [0.15, 0.2) is 6.10 Å². The molecule has 0 aromatic rings. The molecule has 0 aliphatic heterocycles. The Labute approximate surface area is 93.8 Å². The molecule has 1 amide bonds. The van der Waals surface area contributed by atoms with Crippen molar-refractivity contribution in [3.05, 3.63) is 0 Å². The third-order valence-corrected chi connectivity index (χ3v) is 3.62. The third-order valence-electron chi connectivity index (χ3n) is 3.62. The fourth-order valence-corrected chi connectivity index (χ4v) is 2.53. The lowest BCUT2D eigenvalue weighted by Gasteiger charge is -2.12. The minimum absolute atomic E-state index is 0.0183. The smallest absolute Gasteiger partial charge is 0.332 e. The molecule has 0 aromatic carbocycles. The van der Waals surface area contributed by atoms with Gasteiger partial charge >= 0.3 is 5.97 Å². The minimum atomic E-state index is -1.38. The molecule has 0 spiro atoms. The summed E-state index contributed by atoms with van der Waals surface area (Å²) in [5.74, 6) is 0.424. The summed E-state index contributed by atoms with van der Waals surface area (Å²) in [6.07, 6.45) is 1.94. The van der Waals surface area contributed by atoms with Crippen LogP contribution < -0.4 is 5.32 Å². The number of hydrogen-bond donors (Lipinski definition) is 3. The first-order chi connectivity index (χ1) is 7.58. The maximum Gasteiger partial charge on any atom is 0.332 e. The number of carboxylic acids is 1. The number of hydrogen-bond acceptors (Lipinski definition) is 3. The first-order valence-electron chi connectivity index (χ1n) is 5.76. The molecule has 2 saturated carbocycles. The lowest BCUT2D eigenvalue weighted by Crippen LogP contribution is -2.33. The van der Waals surface area contributed by atoms with E-state index in [2.05, 4.69) is 5.32 Å². The highest BCUT2D eigenvalue weighted by Crippen LogP contribution is 2.54. The number of nitrogens with one attached hydrogen (secondary N) is 1. The van der Waals surface area contributed by atoms with Gasteiger partial charge < -0.3 is 15.5 Å². The van der Waals surface area contributed by atoms with E-state index < -0.39 is 12.1 Å². The van der Waals surface area contributed by atoms with Crippen molar-refractivity contribution in [3.8, 4) is 0 Å². The van der Waals surface area contributed by atoms with Crippen LogP contribution in [0.3, 0.4) is 0 Å². The van der Waals surface area contributed by atoms with Gasteiger partial charge in [0.1, 0.15) is 0 Å². The average Bonchev–Trinajstić information content (AvgIpc) is 2.85. The van der Waals surface area contributed by atoms with E-state index in [0.717, 1.165) is 24.7 Å². The van der Waals surface area contributed by atoms with E-state index in [1.165, 1.54) is 6.42 Å². The van der Waals surface area contributed by atoms with Gasteiger partial charge in [-0.25, -0.2) is 4.79 Å². The van der Waals surface area contributed by atoms with Crippen LogP contribution in [0.1, 0.15) is 25.7 Å². The summed E-state index contributed by atoms with van der Waals surface area (Å²) in [5.41, 5.74) is 0. The van der Waals surface area contributed by atoms with Crippen LogP contribution in [-0.2, 0) is 9.59 Å². The molecule has 0 radical (unpaired) electrons. The van der Waals surface area contributed by atoms with Gasteiger partial charge in [-0.1, -0.05) is 0 Å². The number of carbonyl (C=O) groups excluding carboxylic acids is 1. The van der Waals surface area contributed by atoms with Crippen molar-refractivity contribution in [1.29, 1.82) is 0 Å². The van der Waals surface area contributed by atoms with Crippen LogP contribution in [0.25, 0.3) is 0 Å². The monoisotopic (exact) mass is 227 g/mol. The number of fused-ring (bicyclic) bond motifs is 1. The molecule has 2 fully saturated rings. The van der Waals surface area contributed by atoms with E-state index in [0.29, 0.717) is 0 Å². The summed E-state index contributed by atoms with van der Waals surface area (Å²) >= 11 is 0. The van der Waals surface area contributed by atoms with Gasteiger partial charge in [-0.05, 0) is 31.1 Å². The zero-order valence-electron chi connectivity index (χ0n) is 9.06. The Bertz CT molecular complexity index is 294. The van der Waals surface area contributed by atoms with Crippen molar-refractivity contribution in [2.75, 3.05) is 6.54 Å². The molecule has 0 saturated heterocycles. The lowest BCUT2D eigenvalue weighted by atomic mass is 10.0. The van der Waals surface area contributed by atoms with Crippen molar-refractivity contribution >= 4 is 11.9 Å². The molecule has 90 valence electrons. The number of carboxylic acid groups (broad SMARTS) is 1. The van der Waals surface area contributed by atoms with E-state index >= 15 is 0 Å². The number of aliphatic carboxylic acids is 1. The van der Waals surface area contributed by atoms with Crippen LogP contribution in [0.4, 0.5) is 0 Å². The minimum Gasteiger partial charge on any atom is -0.479 e. The summed E-state index contributed by atoms with van der Waals surface area (Å²) in [6.45, 7) is 0.234. The second-order valence-electron chi connectivity index (χ2n) is 4.86. The summed E-state index contributed by atoms with van der Waals surface area (Å²) in [6, 6.07) is 0. The summed E-state index contributed by atoms with van der Waals surface area (Å²) in [4.78, 5) is 21.9. The van der Waals surface area contributed by atoms with Gasteiger partial charge in [0.2, 0.25) is 5.91 Å². The Morgan fingerprint density at radius 3 is 2.44 bits per heavy atom. The first kappa shape index (κ1) is 11.4. The standard InChI is InChI=1S/C11H17NO4/c13-9(11(15)16)1-2-12-10(14)8-4-6-3-7(6)5-8/h6-9,13H,1-5H2,(H,12,14)(H,15,16)/t6?,7?,8?,9-/m0/s1. The van der Waals surface area contributed by atoms with Gasteiger partial charge in [0.05, 0.1) is 0 Å². The second kappa shape index (κ2) is 4.41. The Morgan fingerprint density at radius 2 is 1.88 bits per heavy atom. The number of amides is 1. The number of carbonyl (C=O) groups is 2. The number of aliphatic hydroxyl groups excluding tert-OH is 1. The third kappa shape index (κ3) is 2.52. The molecule has 16 heavy (non-hydrogen) atoms. The fourth-order valence-electron chi connectivity index (χ4n) is 2.53. The zero-order chi connectivity index (χ0) is 11.7. The van der Waals surface area contributed by atoms with Crippen LogP contribution in [-0.4, -0.2) is 34.7 Å². The van der Waals surface area contributed by atoms with E-state index in [9.17, 15) is 9.59 Å². The highest BCUT2D eigenvalue weighted by Gasteiger charge is 2.47. The predicted octanol–water partition coefficient (Wildman–Crippen LogP) is -0.0157. The average molecular weight is 227 g/mol. The van der Waals surface area contributed by atoms with Crippen LogP contribution in [0, 0.1) is 17.8 Å². The summed E-state index contributed by atoms with van der Waals surface area (Å²) in [7, 11) is 0. The largest absolute Gasteiger partial charge is 0.479 e. The van der Waals surface area contributed by atoms with Gasteiger partial charge in [0.25, 0.3) is 0 Å². The van der Waals surface area contributed by atoms with Crippen molar-refractivity contribution in [2.24, 2.45) is 17.8 Å². The maximum atomic E-state index is 11.6. The molecule has 0 bridgehead atoms. The topological polar surface area (TPSA) is 86.6 Å². The van der Waals surface area contributed by atoms with Crippen LogP contribution in [0.2, 0.25) is 0 Å². The summed E-state index contributed by atoms with van der Waals surface area (Å²) in [5, 5.41) is 20.1. The van der Waals surface area contributed by atoms with Crippen LogP contribution in [0.15, 0.2) is 0 Å². The van der Waals surface area contributed by atoms with Crippen molar-refractivity contribution in [1.82, 2.24) is 5.32 Å². The van der Waals surface area contributed by atoms with Gasteiger partial charge in [-0.15, -0.1) is 0 Å². The SMILES string of the molecule is O=C(NCC[C@H](O)C(=O)O)C1CC2CC2C1. The normalized spacial score (nSPS) is 32.9. The molecular formula is C11H17NO4. The zero-order valence-corrected chi connectivity index (χ0v) is 9.06. The first-order valence-corrected chi connectivity index (χ1v) is 5.76. The van der Waals surface area contributed by atoms with E-state index in [1.807, 2.05) is 0 Å². The predicted molar refractivity (Wildman–Crippen MR) is 55.6 cm³/mol. The molecule has 2 aliphatic rings. The van der Waals surface area contributed by atoms with Crippen LogP contribution >= 0.6 is 0 Å². The van der Waals surface area contributed by atoms with E-state index in [4.69, 9.17) is 10.2 Å². The fraction of sp³-hybridized carbons (Fsp3) is 0.818. The van der Waals surface area contributed by atoms with Crippen molar-refractivity contribution < 1.29 is 19.8 Å². The second-order valence-corrected chi connectivity index (χ2v) is 4.86. The molecule has 5 heteroatoms. The highest BCUT2D eigenvalue weighted by atomic mass is 16.4. The van der Waals surface area contributed by atoms with E-state index in [1.54, 1.807) is 0 Å². The molecule has 5 nitrogen and oxygen atoms in total. The van der Waals surface area contributed by atoms with Gasteiger partial charge in [-0.3, -0.25) is 4.79 Å². The quantitative estimate of drug-likeness (QED) is 0.616. The molecule has 0 aromatic heterocycles. The molecule has 2 unspecified atom stereocenters. The molecule has 0 heterocycles. The molecule has 3 atom stereocenters. The maximum absolute atomic E-state index is 11.6. The number of aliphatic hydroxyl groups is 1. The number of rotatable bonds is 5. The molecular weight excluding hydrogens is 210 g/mol. The van der Waals surface area contributed by atoms with Crippen molar-refractivity contribution in [2.45, 2.75) is 31.8 Å².